The maximum absolute atomic E-state index is 2.48. The topological polar surface area (TPSA) is 0 Å². The van der Waals surface area contributed by atoms with Gasteiger partial charge in [-0.3, -0.25) is 0 Å². The van der Waals surface area contributed by atoms with Gasteiger partial charge in [0.05, 0.1) is 0 Å². The van der Waals surface area contributed by atoms with Crippen LogP contribution in [0, 0.1) is 30.6 Å². The summed E-state index contributed by atoms with van der Waals surface area (Å²) in [5, 5.41) is 0. The van der Waals surface area contributed by atoms with Crippen LogP contribution in [0.5, 0.6) is 0 Å². The Morgan fingerprint density at radius 3 is 1.91 bits per heavy atom. The highest BCUT2D eigenvalue weighted by molar-refractivity contribution is 5.49. The van der Waals surface area contributed by atoms with Gasteiger partial charge in [0.1, 0.15) is 0 Å². The molecule has 2 aliphatic rings. The van der Waals surface area contributed by atoms with E-state index in [1.807, 2.05) is 0 Å². The third kappa shape index (κ3) is 4.24. The monoisotopic (exact) mass is 296 g/mol. The van der Waals surface area contributed by atoms with Crippen LogP contribution < -0.4 is 0 Å². The fraction of sp³-hybridized carbons (Fsp3) is 0.636. The Balaban J connectivity index is 1.46. The summed E-state index contributed by atoms with van der Waals surface area (Å²) in [5.41, 5.74) is 2.70. The molecule has 0 heterocycles. The molecule has 0 amide bonds. The molecule has 1 aromatic carbocycles. The second-order valence-electron chi connectivity index (χ2n) is 7.96. The quantitative estimate of drug-likeness (QED) is 0.586. The Morgan fingerprint density at radius 2 is 1.32 bits per heavy atom. The minimum Gasteiger partial charge on any atom is -0.0808 e. The van der Waals surface area contributed by atoms with Crippen LogP contribution in [0.3, 0.4) is 0 Å². The average molecular weight is 296 g/mol. The van der Waals surface area contributed by atoms with Crippen molar-refractivity contribution < 1.29 is 0 Å². The van der Waals surface area contributed by atoms with E-state index in [0.29, 0.717) is 0 Å². The predicted octanol–water partition coefficient (Wildman–Crippen LogP) is 6.64. The summed E-state index contributed by atoms with van der Waals surface area (Å²) in [4.78, 5) is 0. The van der Waals surface area contributed by atoms with Crippen molar-refractivity contribution in [1.29, 1.82) is 0 Å². The summed E-state index contributed by atoms with van der Waals surface area (Å²) < 4.78 is 0. The van der Waals surface area contributed by atoms with Crippen molar-refractivity contribution in [3.63, 3.8) is 0 Å². The summed E-state index contributed by atoms with van der Waals surface area (Å²) in [5.74, 6) is 3.90. The van der Waals surface area contributed by atoms with E-state index in [2.05, 4.69) is 50.3 Å². The molecule has 0 spiro atoms. The number of aryl methyl sites for hydroxylation is 1. The van der Waals surface area contributed by atoms with Crippen LogP contribution in [-0.2, 0) is 0 Å². The van der Waals surface area contributed by atoms with Gasteiger partial charge in [-0.1, -0.05) is 61.7 Å². The highest BCUT2D eigenvalue weighted by atomic mass is 14.3. The lowest BCUT2D eigenvalue weighted by Gasteiger charge is -2.36. The van der Waals surface area contributed by atoms with Crippen molar-refractivity contribution in [2.24, 2.45) is 23.7 Å². The van der Waals surface area contributed by atoms with Gasteiger partial charge in [0, 0.05) is 0 Å². The van der Waals surface area contributed by atoms with Crippen LogP contribution >= 0.6 is 0 Å². The first-order valence-corrected chi connectivity index (χ1v) is 9.45. The summed E-state index contributed by atoms with van der Waals surface area (Å²) >= 11 is 0. The molecule has 0 N–H and O–H groups in total. The lowest BCUT2D eigenvalue weighted by atomic mass is 9.69. The Hall–Kier alpha value is -1.04. The molecule has 2 aliphatic carbocycles. The molecule has 120 valence electrons. The third-order valence-corrected chi connectivity index (χ3v) is 6.18. The Labute approximate surface area is 137 Å². The predicted molar refractivity (Wildman–Crippen MR) is 96.8 cm³/mol. The van der Waals surface area contributed by atoms with E-state index in [0.717, 1.165) is 23.7 Å². The molecule has 0 radical (unpaired) electrons. The second-order valence-corrected chi connectivity index (χ2v) is 7.96. The molecule has 0 unspecified atom stereocenters. The van der Waals surface area contributed by atoms with Crippen LogP contribution in [0.4, 0.5) is 0 Å². The molecule has 0 heteroatoms. The molecular formula is C22H32. The van der Waals surface area contributed by atoms with E-state index in [4.69, 9.17) is 0 Å². The lowest BCUT2D eigenvalue weighted by Crippen LogP contribution is -2.24. The first kappa shape index (κ1) is 15.8. The normalized spacial score (nSPS) is 33.2. The molecule has 1 aromatic rings. The van der Waals surface area contributed by atoms with E-state index in [9.17, 15) is 0 Å². The number of benzene rings is 1. The molecule has 22 heavy (non-hydrogen) atoms. The zero-order valence-electron chi connectivity index (χ0n) is 14.4. The molecular weight excluding hydrogens is 264 g/mol. The van der Waals surface area contributed by atoms with Gasteiger partial charge in [-0.25, -0.2) is 0 Å². The Bertz CT molecular complexity index is 465. The van der Waals surface area contributed by atoms with Crippen LogP contribution in [0.1, 0.15) is 69.4 Å². The largest absolute Gasteiger partial charge is 0.0808 e. The Morgan fingerprint density at radius 1 is 0.773 bits per heavy atom. The van der Waals surface area contributed by atoms with Gasteiger partial charge in [0.25, 0.3) is 0 Å². The summed E-state index contributed by atoms with van der Waals surface area (Å²) in [6, 6.07) is 8.89. The lowest BCUT2D eigenvalue weighted by molar-refractivity contribution is 0.160. The van der Waals surface area contributed by atoms with Crippen molar-refractivity contribution in [1.82, 2.24) is 0 Å². The van der Waals surface area contributed by atoms with Gasteiger partial charge in [-0.05, 0) is 74.7 Å². The van der Waals surface area contributed by atoms with E-state index in [1.54, 1.807) is 0 Å². The van der Waals surface area contributed by atoms with Gasteiger partial charge < -0.3 is 0 Å². The van der Waals surface area contributed by atoms with Crippen LogP contribution in [0.2, 0.25) is 0 Å². The zero-order chi connectivity index (χ0) is 15.4. The number of hydrogen-bond acceptors (Lipinski definition) is 0. The van der Waals surface area contributed by atoms with Gasteiger partial charge in [0.2, 0.25) is 0 Å². The molecule has 2 fully saturated rings. The van der Waals surface area contributed by atoms with Gasteiger partial charge in [0.15, 0.2) is 0 Å². The van der Waals surface area contributed by atoms with Crippen LogP contribution in [-0.4, -0.2) is 0 Å². The van der Waals surface area contributed by atoms with Crippen molar-refractivity contribution in [2.75, 3.05) is 0 Å². The van der Waals surface area contributed by atoms with Gasteiger partial charge >= 0.3 is 0 Å². The SMILES string of the molecule is Cc1ccc(/C=C/C2CCC(C3CCC(C)CC3)CC2)cc1. The van der Waals surface area contributed by atoms with E-state index >= 15 is 0 Å². The highest BCUT2D eigenvalue weighted by Crippen LogP contribution is 2.41. The molecule has 0 atom stereocenters. The average Bonchev–Trinajstić information content (AvgIpc) is 2.56. The van der Waals surface area contributed by atoms with Crippen LogP contribution in [0.25, 0.3) is 6.08 Å². The Kier molecular flexibility index (Phi) is 5.39. The fourth-order valence-corrected chi connectivity index (χ4v) is 4.49. The highest BCUT2D eigenvalue weighted by Gasteiger charge is 2.29. The number of rotatable bonds is 3. The maximum atomic E-state index is 2.48. The van der Waals surface area contributed by atoms with E-state index in [1.165, 1.54) is 62.5 Å². The second kappa shape index (κ2) is 7.49. The number of allylic oxidation sites excluding steroid dienone is 1. The minimum atomic E-state index is 0.820. The molecule has 0 aliphatic heterocycles. The third-order valence-electron chi connectivity index (χ3n) is 6.18. The summed E-state index contributed by atoms with van der Waals surface area (Å²) in [7, 11) is 0. The summed E-state index contributed by atoms with van der Waals surface area (Å²) in [6.45, 7) is 4.59. The smallest absolute Gasteiger partial charge is 0.0230 e. The number of hydrogen-bond donors (Lipinski definition) is 0. The molecule has 3 rings (SSSR count). The zero-order valence-corrected chi connectivity index (χ0v) is 14.4. The van der Waals surface area contributed by atoms with Crippen LogP contribution in [0.15, 0.2) is 30.3 Å². The first-order valence-electron chi connectivity index (χ1n) is 9.45. The molecule has 0 saturated heterocycles. The van der Waals surface area contributed by atoms with E-state index < -0.39 is 0 Å². The first-order chi connectivity index (χ1) is 10.7. The maximum Gasteiger partial charge on any atom is -0.0230 e. The van der Waals surface area contributed by atoms with Crippen molar-refractivity contribution in [2.45, 2.75) is 65.2 Å². The van der Waals surface area contributed by atoms with Crippen molar-refractivity contribution in [3.05, 3.63) is 41.5 Å². The van der Waals surface area contributed by atoms with E-state index in [-0.39, 0.29) is 0 Å². The summed E-state index contributed by atoms with van der Waals surface area (Å²) in [6.07, 6.45) is 16.6. The minimum absolute atomic E-state index is 0.820. The standard InChI is InChI=1S/C22H32/c1-17-3-7-19(8-4-17)9-10-20-11-15-22(16-12-20)21-13-5-18(2)6-14-21/h3-4,7-10,18,20-22H,5-6,11-16H2,1-2H3/b10-9+. The molecule has 0 nitrogen and oxygen atoms in total. The fourth-order valence-electron chi connectivity index (χ4n) is 4.49. The molecule has 0 aromatic heterocycles. The van der Waals surface area contributed by atoms with Crippen molar-refractivity contribution >= 4 is 6.08 Å². The molecule has 2 saturated carbocycles. The van der Waals surface area contributed by atoms with Crippen molar-refractivity contribution in [3.8, 4) is 0 Å². The van der Waals surface area contributed by atoms with Gasteiger partial charge in [-0.15, -0.1) is 0 Å². The van der Waals surface area contributed by atoms with Gasteiger partial charge in [-0.2, -0.15) is 0 Å². The molecule has 0 bridgehead atoms.